The van der Waals surface area contributed by atoms with Crippen molar-refractivity contribution in [2.75, 3.05) is 5.32 Å². The van der Waals surface area contributed by atoms with Gasteiger partial charge >= 0.3 is 0 Å². The van der Waals surface area contributed by atoms with Gasteiger partial charge in [-0.05, 0) is 48.5 Å². The lowest BCUT2D eigenvalue weighted by Crippen LogP contribution is -2.34. The standard InChI is InChI=1S/C19H19N3O2S/c1-12(2)10-17(23)22-19(25)20-14-8-9-16-15(11-14)21-18(24-16)13-6-4-3-5-7-13/h3-9,11-12H,10H2,1-2H3,(H2,20,22,23,25). The molecule has 1 aromatic heterocycles. The molecule has 25 heavy (non-hydrogen) atoms. The quantitative estimate of drug-likeness (QED) is 0.683. The number of thiocarbonyl (C=S) groups is 1. The van der Waals surface area contributed by atoms with Crippen LogP contribution in [0.1, 0.15) is 20.3 Å². The maximum absolute atomic E-state index is 11.8. The topological polar surface area (TPSA) is 67.2 Å². The fourth-order valence-corrected chi connectivity index (χ4v) is 2.65. The zero-order valence-corrected chi connectivity index (χ0v) is 14.9. The number of aromatic nitrogens is 1. The second-order valence-electron chi connectivity index (χ2n) is 6.17. The Morgan fingerprint density at radius 1 is 1.20 bits per heavy atom. The van der Waals surface area contributed by atoms with Gasteiger partial charge in [0.1, 0.15) is 5.52 Å². The molecular weight excluding hydrogens is 334 g/mol. The van der Waals surface area contributed by atoms with Crippen LogP contribution in [0.15, 0.2) is 52.9 Å². The van der Waals surface area contributed by atoms with Crippen LogP contribution in [0.5, 0.6) is 0 Å². The van der Waals surface area contributed by atoms with Crippen molar-refractivity contribution in [1.82, 2.24) is 10.3 Å². The molecule has 0 spiro atoms. The molecule has 0 bridgehead atoms. The van der Waals surface area contributed by atoms with Crippen LogP contribution in [0.25, 0.3) is 22.6 Å². The molecule has 0 saturated heterocycles. The number of hydrogen-bond acceptors (Lipinski definition) is 4. The fourth-order valence-electron chi connectivity index (χ4n) is 2.42. The highest BCUT2D eigenvalue weighted by atomic mass is 32.1. The SMILES string of the molecule is CC(C)CC(=O)NC(=S)Nc1ccc2oc(-c3ccccc3)nc2c1. The predicted octanol–water partition coefficient (Wildman–Crippen LogP) is 4.35. The maximum atomic E-state index is 11.8. The van der Waals surface area contributed by atoms with Gasteiger partial charge in [-0.25, -0.2) is 4.98 Å². The van der Waals surface area contributed by atoms with E-state index in [2.05, 4.69) is 15.6 Å². The van der Waals surface area contributed by atoms with Crippen LogP contribution in [0.2, 0.25) is 0 Å². The van der Waals surface area contributed by atoms with E-state index in [-0.39, 0.29) is 16.9 Å². The zero-order chi connectivity index (χ0) is 17.8. The Kier molecular flexibility index (Phi) is 5.09. The van der Waals surface area contributed by atoms with Crippen LogP contribution in [0.3, 0.4) is 0 Å². The van der Waals surface area contributed by atoms with Gasteiger partial charge in [-0.1, -0.05) is 32.0 Å². The van der Waals surface area contributed by atoms with E-state index in [1.807, 2.05) is 62.4 Å². The van der Waals surface area contributed by atoms with Crippen LogP contribution < -0.4 is 10.6 Å². The molecule has 128 valence electrons. The first-order valence-corrected chi connectivity index (χ1v) is 8.49. The summed E-state index contributed by atoms with van der Waals surface area (Å²) in [6, 6.07) is 15.2. The molecule has 0 aliphatic heterocycles. The minimum Gasteiger partial charge on any atom is -0.436 e. The molecule has 0 saturated carbocycles. The molecule has 0 radical (unpaired) electrons. The van der Waals surface area contributed by atoms with Gasteiger partial charge < -0.3 is 15.1 Å². The number of benzene rings is 2. The summed E-state index contributed by atoms with van der Waals surface area (Å²) < 4.78 is 5.78. The first-order chi connectivity index (χ1) is 12.0. The average molecular weight is 353 g/mol. The average Bonchev–Trinajstić information content (AvgIpc) is 2.98. The molecule has 2 aromatic carbocycles. The highest BCUT2D eigenvalue weighted by Crippen LogP contribution is 2.26. The monoisotopic (exact) mass is 353 g/mol. The van der Waals surface area contributed by atoms with E-state index in [1.54, 1.807) is 0 Å². The van der Waals surface area contributed by atoms with Crippen LogP contribution in [-0.4, -0.2) is 16.0 Å². The minimum absolute atomic E-state index is 0.0959. The molecular formula is C19H19N3O2S. The van der Waals surface area contributed by atoms with Crippen molar-refractivity contribution in [3.8, 4) is 11.5 Å². The van der Waals surface area contributed by atoms with Crippen LogP contribution in [0.4, 0.5) is 5.69 Å². The number of amides is 1. The smallest absolute Gasteiger partial charge is 0.227 e. The molecule has 3 rings (SSSR count). The van der Waals surface area contributed by atoms with Gasteiger partial charge in [0.2, 0.25) is 11.8 Å². The number of rotatable bonds is 4. The van der Waals surface area contributed by atoms with E-state index in [9.17, 15) is 4.79 Å². The summed E-state index contributed by atoms with van der Waals surface area (Å²) in [5, 5.41) is 5.96. The number of carbonyl (C=O) groups excluding carboxylic acids is 1. The molecule has 0 aliphatic rings. The van der Waals surface area contributed by atoms with Gasteiger partial charge in [-0.3, -0.25) is 4.79 Å². The number of carbonyl (C=O) groups is 1. The largest absolute Gasteiger partial charge is 0.436 e. The summed E-state index contributed by atoms with van der Waals surface area (Å²) in [5.74, 6) is 0.757. The van der Waals surface area contributed by atoms with Crippen molar-refractivity contribution >= 4 is 40.0 Å². The Hall–Kier alpha value is -2.73. The van der Waals surface area contributed by atoms with E-state index in [4.69, 9.17) is 16.6 Å². The molecule has 0 atom stereocenters. The molecule has 6 heteroatoms. The van der Waals surface area contributed by atoms with Gasteiger partial charge in [0, 0.05) is 17.7 Å². The summed E-state index contributed by atoms with van der Waals surface area (Å²) in [6.45, 7) is 3.97. The van der Waals surface area contributed by atoms with E-state index in [0.717, 1.165) is 16.8 Å². The molecule has 1 amide bonds. The normalized spacial score (nSPS) is 10.8. The number of hydrogen-bond donors (Lipinski definition) is 2. The first-order valence-electron chi connectivity index (χ1n) is 8.08. The third kappa shape index (κ3) is 4.42. The molecule has 2 N–H and O–H groups in total. The summed E-state index contributed by atoms with van der Waals surface area (Å²) in [6.07, 6.45) is 0.435. The summed E-state index contributed by atoms with van der Waals surface area (Å²) in [4.78, 5) is 16.3. The van der Waals surface area contributed by atoms with E-state index in [1.165, 1.54) is 0 Å². The number of fused-ring (bicyclic) bond motifs is 1. The van der Waals surface area contributed by atoms with Crippen molar-refractivity contribution in [2.24, 2.45) is 5.92 Å². The van der Waals surface area contributed by atoms with Crippen molar-refractivity contribution in [3.05, 3.63) is 48.5 Å². The molecule has 0 aliphatic carbocycles. The van der Waals surface area contributed by atoms with E-state index in [0.29, 0.717) is 17.9 Å². The van der Waals surface area contributed by atoms with Gasteiger partial charge in [0.05, 0.1) is 0 Å². The van der Waals surface area contributed by atoms with Crippen molar-refractivity contribution in [1.29, 1.82) is 0 Å². The number of oxazole rings is 1. The first kappa shape index (κ1) is 17.1. The van der Waals surface area contributed by atoms with Crippen molar-refractivity contribution in [2.45, 2.75) is 20.3 Å². The number of anilines is 1. The second kappa shape index (κ2) is 7.44. The lowest BCUT2D eigenvalue weighted by atomic mass is 10.1. The van der Waals surface area contributed by atoms with Gasteiger partial charge in [-0.15, -0.1) is 0 Å². The number of nitrogens with one attached hydrogen (secondary N) is 2. The lowest BCUT2D eigenvalue weighted by Gasteiger charge is -2.10. The molecule has 3 aromatic rings. The van der Waals surface area contributed by atoms with Gasteiger partial charge in [-0.2, -0.15) is 0 Å². The zero-order valence-electron chi connectivity index (χ0n) is 14.1. The van der Waals surface area contributed by atoms with E-state index < -0.39 is 0 Å². The highest BCUT2D eigenvalue weighted by Gasteiger charge is 2.10. The van der Waals surface area contributed by atoms with Gasteiger partial charge in [0.15, 0.2) is 10.7 Å². The Morgan fingerprint density at radius 2 is 1.96 bits per heavy atom. The summed E-state index contributed by atoms with van der Waals surface area (Å²) >= 11 is 5.18. The minimum atomic E-state index is -0.0959. The summed E-state index contributed by atoms with van der Waals surface area (Å²) in [5.41, 5.74) is 3.08. The Labute approximate surface area is 151 Å². The number of nitrogens with zero attached hydrogens (tertiary/aromatic N) is 1. The second-order valence-corrected chi connectivity index (χ2v) is 6.58. The third-order valence-corrected chi connectivity index (χ3v) is 3.72. The Balaban J connectivity index is 1.73. The molecule has 0 unspecified atom stereocenters. The molecule has 0 fully saturated rings. The van der Waals surface area contributed by atoms with E-state index >= 15 is 0 Å². The van der Waals surface area contributed by atoms with Crippen molar-refractivity contribution < 1.29 is 9.21 Å². The van der Waals surface area contributed by atoms with Crippen LogP contribution in [0, 0.1) is 5.92 Å². The lowest BCUT2D eigenvalue weighted by molar-refractivity contribution is -0.120. The third-order valence-electron chi connectivity index (χ3n) is 3.51. The maximum Gasteiger partial charge on any atom is 0.227 e. The molecule has 1 heterocycles. The van der Waals surface area contributed by atoms with Gasteiger partial charge in [0.25, 0.3) is 0 Å². The Bertz CT molecular complexity index is 903. The molecule has 5 nitrogen and oxygen atoms in total. The van der Waals surface area contributed by atoms with Crippen molar-refractivity contribution in [3.63, 3.8) is 0 Å². The predicted molar refractivity (Wildman–Crippen MR) is 103 cm³/mol. The Morgan fingerprint density at radius 3 is 2.68 bits per heavy atom. The van der Waals surface area contributed by atoms with Crippen LogP contribution in [-0.2, 0) is 4.79 Å². The fraction of sp³-hybridized carbons (Fsp3) is 0.211. The summed E-state index contributed by atoms with van der Waals surface area (Å²) in [7, 11) is 0. The highest BCUT2D eigenvalue weighted by molar-refractivity contribution is 7.80. The van der Waals surface area contributed by atoms with Crippen LogP contribution >= 0.6 is 12.2 Å².